The summed E-state index contributed by atoms with van der Waals surface area (Å²) < 4.78 is 0. The van der Waals surface area contributed by atoms with Crippen LogP contribution in [0.2, 0.25) is 0 Å². The van der Waals surface area contributed by atoms with Crippen molar-refractivity contribution in [1.82, 2.24) is 9.62 Å². The predicted octanol–water partition coefficient (Wildman–Crippen LogP) is 6.46. The molecule has 4 fully saturated rings. The molecule has 0 aromatic rings. The van der Waals surface area contributed by atoms with Crippen LogP contribution in [0.1, 0.15) is 128 Å². The summed E-state index contributed by atoms with van der Waals surface area (Å²) in [7, 11) is 2.76. The molecule has 1 radical (unpaired) electrons. The molecule has 3 heteroatoms. The van der Waals surface area contributed by atoms with Crippen LogP contribution in [0.3, 0.4) is 0 Å². The van der Waals surface area contributed by atoms with Gasteiger partial charge in [-0.15, -0.1) is 0 Å². The molecule has 0 saturated heterocycles. The Morgan fingerprint density at radius 2 is 0.556 bits per heavy atom. The molecule has 0 spiro atoms. The van der Waals surface area contributed by atoms with Crippen molar-refractivity contribution in [2.24, 2.45) is 0 Å². The molecular weight excluding hydrogens is 327 g/mol. The molecule has 4 aliphatic carbocycles. The maximum atomic E-state index is 2.96. The molecular formula is C24H44BN2. The highest BCUT2D eigenvalue weighted by molar-refractivity contribution is 6.29. The molecule has 0 bridgehead atoms. The van der Waals surface area contributed by atoms with Crippen LogP contribution in [0, 0.1) is 0 Å². The third-order valence-corrected chi connectivity index (χ3v) is 8.25. The first-order valence-corrected chi connectivity index (χ1v) is 12.8. The topological polar surface area (TPSA) is 6.48 Å². The summed E-state index contributed by atoms with van der Waals surface area (Å²) in [5, 5.41) is 0. The van der Waals surface area contributed by atoms with E-state index in [1.165, 1.54) is 128 Å². The summed E-state index contributed by atoms with van der Waals surface area (Å²) in [5.74, 6) is 0. The SMILES string of the molecule is [B](N(C1CCCCC1)C1CCCCC1)N(C1CCCCC1)C1CCCCC1. The van der Waals surface area contributed by atoms with Gasteiger partial charge in [0.1, 0.15) is 0 Å². The predicted molar refractivity (Wildman–Crippen MR) is 117 cm³/mol. The minimum Gasteiger partial charge on any atom is -0.326 e. The molecule has 0 aliphatic heterocycles. The summed E-state index contributed by atoms with van der Waals surface area (Å²) >= 11 is 0. The fourth-order valence-corrected chi connectivity index (χ4v) is 6.64. The zero-order valence-corrected chi connectivity index (χ0v) is 17.9. The lowest BCUT2D eigenvalue weighted by Gasteiger charge is -2.48. The molecule has 0 atom stereocenters. The summed E-state index contributed by atoms with van der Waals surface area (Å²) in [4.78, 5) is 5.92. The molecule has 0 heterocycles. The maximum Gasteiger partial charge on any atom is 0.314 e. The molecule has 4 saturated carbocycles. The second-order valence-electron chi connectivity index (χ2n) is 10.2. The van der Waals surface area contributed by atoms with E-state index in [-0.39, 0.29) is 0 Å². The zero-order valence-electron chi connectivity index (χ0n) is 17.9. The number of nitrogens with zero attached hydrogens (tertiary/aromatic N) is 2. The number of hydrogen-bond donors (Lipinski definition) is 0. The highest BCUT2D eigenvalue weighted by Crippen LogP contribution is 2.34. The minimum absolute atomic E-state index is 0.844. The van der Waals surface area contributed by atoms with Crippen molar-refractivity contribution < 1.29 is 0 Å². The van der Waals surface area contributed by atoms with Crippen LogP contribution in [0.5, 0.6) is 0 Å². The monoisotopic (exact) mass is 371 g/mol. The average molecular weight is 371 g/mol. The van der Waals surface area contributed by atoms with Gasteiger partial charge in [0.2, 0.25) is 0 Å². The second-order valence-corrected chi connectivity index (χ2v) is 10.2. The van der Waals surface area contributed by atoms with E-state index >= 15 is 0 Å². The van der Waals surface area contributed by atoms with E-state index in [9.17, 15) is 0 Å². The van der Waals surface area contributed by atoms with E-state index < -0.39 is 0 Å². The third-order valence-electron chi connectivity index (χ3n) is 8.25. The zero-order chi connectivity index (χ0) is 18.3. The largest absolute Gasteiger partial charge is 0.326 e. The van der Waals surface area contributed by atoms with Gasteiger partial charge < -0.3 is 9.62 Å². The molecule has 0 unspecified atom stereocenters. The Labute approximate surface area is 170 Å². The van der Waals surface area contributed by atoms with Gasteiger partial charge in [0.05, 0.1) is 0 Å². The summed E-state index contributed by atoms with van der Waals surface area (Å²) in [6.07, 6.45) is 29.3. The third kappa shape index (κ3) is 5.53. The van der Waals surface area contributed by atoms with E-state index in [2.05, 4.69) is 17.2 Å². The molecule has 27 heavy (non-hydrogen) atoms. The molecule has 153 valence electrons. The van der Waals surface area contributed by atoms with Gasteiger partial charge in [-0.1, -0.05) is 77.0 Å². The van der Waals surface area contributed by atoms with Crippen LogP contribution in [-0.4, -0.2) is 41.3 Å². The van der Waals surface area contributed by atoms with Gasteiger partial charge in [0.25, 0.3) is 0 Å². The molecule has 4 aliphatic rings. The Hall–Kier alpha value is -0.0151. The summed E-state index contributed by atoms with van der Waals surface area (Å²) in [6.45, 7) is 0. The molecule has 4 rings (SSSR count). The highest BCUT2D eigenvalue weighted by atomic mass is 15.3. The smallest absolute Gasteiger partial charge is 0.314 e. The van der Waals surface area contributed by atoms with E-state index in [4.69, 9.17) is 0 Å². The Kier molecular flexibility index (Phi) is 8.01. The van der Waals surface area contributed by atoms with Crippen molar-refractivity contribution in [2.75, 3.05) is 0 Å². The summed E-state index contributed by atoms with van der Waals surface area (Å²) in [5.41, 5.74) is 0. The van der Waals surface area contributed by atoms with Crippen LogP contribution >= 0.6 is 0 Å². The van der Waals surface area contributed by atoms with Gasteiger partial charge in [-0.05, 0) is 75.5 Å². The Bertz CT molecular complexity index is 331. The van der Waals surface area contributed by atoms with Crippen molar-refractivity contribution in [2.45, 2.75) is 153 Å². The van der Waals surface area contributed by atoms with E-state index in [1.54, 1.807) is 0 Å². The lowest BCUT2D eigenvalue weighted by Crippen LogP contribution is -2.58. The van der Waals surface area contributed by atoms with Gasteiger partial charge in [-0.25, -0.2) is 0 Å². The fourth-order valence-electron chi connectivity index (χ4n) is 6.64. The summed E-state index contributed by atoms with van der Waals surface area (Å²) in [6, 6.07) is 3.38. The minimum atomic E-state index is 0.844. The van der Waals surface area contributed by atoms with Crippen LogP contribution in [0.25, 0.3) is 0 Å². The quantitative estimate of drug-likeness (QED) is 0.495. The van der Waals surface area contributed by atoms with Crippen molar-refractivity contribution in [3.8, 4) is 0 Å². The van der Waals surface area contributed by atoms with Crippen molar-refractivity contribution in [1.29, 1.82) is 0 Å². The Morgan fingerprint density at radius 1 is 0.333 bits per heavy atom. The first-order chi connectivity index (χ1) is 13.4. The fraction of sp³-hybridized carbons (Fsp3) is 1.00. The second kappa shape index (κ2) is 10.7. The van der Waals surface area contributed by atoms with Gasteiger partial charge in [0.15, 0.2) is 0 Å². The van der Waals surface area contributed by atoms with Crippen molar-refractivity contribution in [3.63, 3.8) is 0 Å². The molecule has 2 nitrogen and oxygen atoms in total. The van der Waals surface area contributed by atoms with E-state index in [0.29, 0.717) is 0 Å². The van der Waals surface area contributed by atoms with Gasteiger partial charge in [0, 0.05) is 0 Å². The van der Waals surface area contributed by atoms with Crippen LogP contribution in [-0.2, 0) is 0 Å². The lowest BCUT2D eigenvalue weighted by molar-refractivity contribution is 0.119. The van der Waals surface area contributed by atoms with Gasteiger partial charge >= 0.3 is 7.55 Å². The van der Waals surface area contributed by atoms with E-state index in [1.807, 2.05) is 0 Å². The van der Waals surface area contributed by atoms with Gasteiger partial charge in [-0.2, -0.15) is 0 Å². The van der Waals surface area contributed by atoms with Crippen LogP contribution in [0.4, 0.5) is 0 Å². The molecule has 0 aromatic heterocycles. The first-order valence-electron chi connectivity index (χ1n) is 12.8. The lowest BCUT2D eigenvalue weighted by atomic mass is 9.78. The number of rotatable bonds is 6. The normalized spacial score (nSPS) is 28.1. The molecule has 0 aromatic carbocycles. The standard InChI is InChI=1S/C24H44BN2/c1-5-13-21(14-6-1)26(22-15-7-2-8-16-22)25-27(23-17-9-3-10-18-23)24-19-11-4-12-20-24/h21-24H,1-20H2. The van der Waals surface area contributed by atoms with Crippen LogP contribution < -0.4 is 0 Å². The Morgan fingerprint density at radius 3 is 0.778 bits per heavy atom. The van der Waals surface area contributed by atoms with Crippen LogP contribution in [0.15, 0.2) is 0 Å². The first kappa shape index (κ1) is 20.3. The molecule has 0 N–H and O–H groups in total. The number of hydrogen-bond acceptors (Lipinski definition) is 2. The average Bonchev–Trinajstić information content (AvgIpc) is 2.77. The highest BCUT2D eigenvalue weighted by Gasteiger charge is 2.36. The maximum absolute atomic E-state index is 2.96. The van der Waals surface area contributed by atoms with E-state index in [0.717, 1.165) is 24.2 Å². The Balaban J connectivity index is 1.49. The van der Waals surface area contributed by atoms with Gasteiger partial charge in [-0.3, -0.25) is 0 Å². The van der Waals surface area contributed by atoms with Crippen molar-refractivity contribution in [3.05, 3.63) is 0 Å². The molecule has 0 amide bonds. The van der Waals surface area contributed by atoms with Crippen molar-refractivity contribution >= 4 is 7.55 Å².